The summed E-state index contributed by atoms with van der Waals surface area (Å²) in [6, 6.07) is 14.4. The third-order valence-electron chi connectivity index (χ3n) is 5.03. The third-order valence-corrected chi connectivity index (χ3v) is 5.03. The van der Waals surface area contributed by atoms with Crippen LogP contribution in [0.4, 0.5) is 5.82 Å². The minimum absolute atomic E-state index is 0.169. The van der Waals surface area contributed by atoms with Crippen LogP contribution in [0.2, 0.25) is 0 Å². The fraction of sp³-hybridized carbons (Fsp3) is 0.476. The molecule has 144 valence electrons. The van der Waals surface area contributed by atoms with Gasteiger partial charge < -0.3 is 15.1 Å². The first-order valence-electron chi connectivity index (χ1n) is 9.67. The van der Waals surface area contributed by atoms with Crippen LogP contribution in [0.15, 0.2) is 42.5 Å². The molecule has 1 aromatic carbocycles. The Morgan fingerprint density at radius 2 is 1.85 bits per heavy atom. The molecule has 0 radical (unpaired) electrons. The van der Waals surface area contributed by atoms with E-state index < -0.39 is 0 Å². The van der Waals surface area contributed by atoms with E-state index in [1.807, 2.05) is 25.1 Å². The Morgan fingerprint density at radius 1 is 1.11 bits per heavy atom. The number of hydrogen-bond acceptors (Lipinski definition) is 5. The number of likely N-dealkylation sites (N-methyl/N-ethyl adjacent to an activating group) is 1. The Hall–Kier alpha value is -2.47. The summed E-state index contributed by atoms with van der Waals surface area (Å²) in [5, 5.41) is 11.3. The number of nitrogens with zero attached hydrogens (tertiary/aromatic N) is 4. The molecule has 6 heteroatoms. The van der Waals surface area contributed by atoms with E-state index in [-0.39, 0.29) is 5.91 Å². The molecule has 27 heavy (non-hydrogen) atoms. The van der Waals surface area contributed by atoms with Crippen molar-refractivity contribution in [3.63, 3.8) is 0 Å². The molecule has 6 nitrogen and oxygen atoms in total. The number of piperidine rings is 1. The predicted molar refractivity (Wildman–Crippen MR) is 108 cm³/mol. The van der Waals surface area contributed by atoms with E-state index in [9.17, 15) is 4.79 Å². The molecule has 3 rings (SSSR count). The van der Waals surface area contributed by atoms with Gasteiger partial charge in [-0.3, -0.25) is 4.79 Å². The molecule has 0 saturated carbocycles. The fourth-order valence-corrected chi connectivity index (χ4v) is 3.41. The average molecular weight is 367 g/mol. The van der Waals surface area contributed by atoms with Gasteiger partial charge in [0.15, 0.2) is 11.5 Å². The van der Waals surface area contributed by atoms with Crippen LogP contribution in [0, 0.1) is 5.92 Å². The van der Waals surface area contributed by atoms with Gasteiger partial charge in [-0.15, -0.1) is 10.2 Å². The van der Waals surface area contributed by atoms with Gasteiger partial charge in [-0.25, -0.2) is 0 Å². The van der Waals surface area contributed by atoms with Gasteiger partial charge in [0.25, 0.3) is 5.91 Å². The molecule has 1 amide bonds. The number of amides is 1. The van der Waals surface area contributed by atoms with E-state index in [1.54, 1.807) is 6.07 Å². The molecule has 1 saturated heterocycles. The monoisotopic (exact) mass is 367 g/mol. The topological polar surface area (TPSA) is 61.4 Å². The van der Waals surface area contributed by atoms with Gasteiger partial charge in [0.2, 0.25) is 0 Å². The van der Waals surface area contributed by atoms with Gasteiger partial charge >= 0.3 is 0 Å². The number of anilines is 1. The molecule has 1 fully saturated rings. The zero-order valence-electron chi connectivity index (χ0n) is 16.3. The summed E-state index contributed by atoms with van der Waals surface area (Å²) in [5.74, 6) is 1.41. The molecular formula is C21H29N5O. The summed E-state index contributed by atoms with van der Waals surface area (Å²) in [5.41, 5.74) is 1.79. The second kappa shape index (κ2) is 9.46. The highest BCUT2D eigenvalue weighted by molar-refractivity contribution is 5.92. The highest BCUT2D eigenvalue weighted by Gasteiger charge is 2.21. The predicted octanol–water partition coefficient (Wildman–Crippen LogP) is 2.23. The Kier molecular flexibility index (Phi) is 6.76. The first-order chi connectivity index (χ1) is 13.1. The lowest BCUT2D eigenvalue weighted by atomic mass is 9.90. The van der Waals surface area contributed by atoms with E-state index in [0.29, 0.717) is 12.2 Å². The van der Waals surface area contributed by atoms with Crippen molar-refractivity contribution in [2.45, 2.75) is 19.3 Å². The summed E-state index contributed by atoms with van der Waals surface area (Å²) < 4.78 is 0. The lowest BCUT2D eigenvalue weighted by molar-refractivity contribution is 0.0945. The molecule has 2 heterocycles. The van der Waals surface area contributed by atoms with Gasteiger partial charge in [-0.2, -0.15) is 0 Å². The molecule has 1 aromatic heterocycles. The van der Waals surface area contributed by atoms with Crippen LogP contribution >= 0.6 is 0 Å². The average Bonchev–Trinajstić information content (AvgIpc) is 2.69. The number of aromatic nitrogens is 2. The van der Waals surface area contributed by atoms with Crippen LogP contribution in [0.1, 0.15) is 28.9 Å². The van der Waals surface area contributed by atoms with Crippen molar-refractivity contribution in [2.24, 2.45) is 5.92 Å². The fourth-order valence-electron chi connectivity index (χ4n) is 3.41. The van der Waals surface area contributed by atoms with Crippen LogP contribution in [-0.4, -0.2) is 61.3 Å². The van der Waals surface area contributed by atoms with Gasteiger partial charge in [0.1, 0.15) is 0 Å². The Morgan fingerprint density at radius 3 is 2.48 bits per heavy atom. The molecule has 0 bridgehead atoms. The van der Waals surface area contributed by atoms with Crippen LogP contribution < -0.4 is 10.2 Å². The van der Waals surface area contributed by atoms with Crippen molar-refractivity contribution in [1.29, 1.82) is 0 Å². The highest BCUT2D eigenvalue weighted by Crippen LogP contribution is 2.24. The van der Waals surface area contributed by atoms with Crippen molar-refractivity contribution in [1.82, 2.24) is 20.4 Å². The molecule has 0 spiro atoms. The van der Waals surface area contributed by atoms with Crippen LogP contribution in [0.25, 0.3) is 0 Å². The molecule has 1 aliphatic heterocycles. The van der Waals surface area contributed by atoms with Crippen molar-refractivity contribution < 1.29 is 4.79 Å². The van der Waals surface area contributed by atoms with E-state index in [1.165, 1.54) is 5.56 Å². The van der Waals surface area contributed by atoms with Crippen molar-refractivity contribution in [2.75, 3.05) is 45.2 Å². The maximum absolute atomic E-state index is 12.1. The zero-order chi connectivity index (χ0) is 19.1. The number of nitrogens with one attached hydrogen (secondary N) is 1. The Balaban J connectivity index is 1.47. The largest absolute Gasteiger partial charge is 0.355 e. The summed E-state index contributed by atoms with van der Waals surface area (Å²) in [4.78, 5) is 16.4. The lowest BCUT2D eigenvalue weighted by Gasteiger charge is -2.32. The SMILES string of the molecule is CN(C)CCNC(=O)c1ccc(N2CCC(Cc3ccccc3)CC2)nn1. The lowest BCUT2D eigenvalue weighted by Crippen LogP contribution is -2.35. The standard InChI is InChI=1S/C21H29N5O/c1-25(2)15-12-22-21(27)19-8-9-20(24-23-19)26-13-10-18(11-14-26)16-17-6-4-3-5-7-17/h3-9,18H,10-16H2,1-2H3,(H,22,27). The van der Waals surface area contributed by atoms with Crippen molar-refractivity contribution in [3.05, 3.63) is 53.7 Å². The second-order valence-corrected chi connectivity index (χ2v) is 7.46. The van der Waals surface area contributed by atoms with Crippen LogP contribution in [0.5, 0.6) is 0 Å². The maximum Gasteiger partial charge on any atom is 0.271 e. The van der Waals surface area contributed by atoms with Gasteiger partial charge in [-0.1, -0.05) is 30.3 Å². The number of hydrogen-bond donors (Lipinski definition) is 1. The zero-order valence-corrected chi connectivity index (χ0v) is 16.3. The smallest absolute Gasteiger partial charge is 0.271 e. The van der Waals surface area contributed by atoms with Crippen LogP contribution in [-0.2, 0) is 6.42 Å². The molecule has 1 N–H and O–H groups in total. The molecular weight excluding hydrogens is 338 g/mol. The minimum Gasteiger partial charge on any atom is -0.355 e. The molecule has 2 aromatic rings. The van der Waals surface area contributed by atoms with Gasteiger partial charge in [-0.05, 0) is 57.0 Å². The maximum atomic E-state index is 12.1. The van der Waals surface area contributed by atoms with Crippen molar-refractivity contribution >= 4 is 11.7 Å². The van der Waals surface area contributed by atoms with E-state index >= 15 is 0 Å². The van der Waals surface area contributed by atoms with E-state index in [2.05, 4.69) is 50.7 Å². The number of rotatable bonds is 7. The van der Waals surface area contributed by atoms with Crippen LogP contribution in [0.3, 0.4) is 0 Å². The first kappa shape index (κ1) is 19.3. The first-order valence-corrected chi connectivity index (χ1v) is 9.67. The Bertz CT molecular complexity index is 709. The number of benzene rings is 1. The Labute approximate surface area is 161 Å². The summed E-state index contributed by atoms with van der Waals surface area (Å²) >= 11 is 0. The third kappa shape index (κ3) is 5.76. The molecule has 0 atom stereocenters. The molecule has 1 aliphatic rings. The van der Waals surface area contributed by atoms with Crippen molar-refractivity contribution in [3.8, 4) is 0 Å². The minimum atomic E-state index is -0.169. The van der Waals surface area contributed by atoms with E-state index in [4.69, 9.17) is 0 Å². The summed E-state index contributed by atoms with van der Waals surface area (Å²) in [7, 11) is 3.95. The van der Waals surface area contributed by atoms with E-state index in [0.717, 1.165) is 50.6 Å². The summed E-state index contributed by atoms with van der Waals surface area (Å²) in [6.07, 6.45) is 3.46. The second-order valence-electron chi connectivity index (χ2n) is 7.46. The highest BCUT2D eigenvalue weighted by atomic mass is 16.1. The summed E-state index contributed by atoms with van der Waals surface area (Å²) in [6.45, 7) is 3.38. The molecule has 0 aliphatic carbocycles. The van der Waals surface area contributed by atoms with Gasteiger partial charge in [0.05, 0.1) is 0 Å². The molecule has 0 unspecified atom stereocenters. The number of carbonyl (C=O) groups is 1. The number of carbonyl (C=O) groups excluding carboxylic acids is 1. The van der Waals surface area contributed by atoms with Gasteiger partial charge in [0, 0.05) is 26.2 Å². The quantitative estimate of drug-likeness (QED) is 0.813. The normalized spacial score (nSPS) is 15.1.